The van der Waals surface area contributed by atoms with E-state index in [0.717, 1.165) is 6.29 Å². The van der Waals surface area contributed by atoms with E-state index < -0.39 is 11.6 Å². The number of anilines is 1. The molecular formula is C25H24ClF2N7O. The number of benzene rings is 2. The number of allylic oxidation sites excluding steroid dienone is 2. The first-order valence-electron chi connectivity index (χ1n) is 10.4. The molecule has 2 heterocycles. The second kappa shape index (κ2) is 14.2. The number of carbonyl (C=O) groups is 1. The van der Waals surface area contributed by atoms with Gasteiger partial charge in [-0.25, -0.2) is 23.7 Å². The molecule has 0 aliphatic carbocycles. The quantitative estimate of drug-likeness (QED) is 0.189. The van der Waals surface area contributed by atoms with Gasteiger partial charge in [-0.2, -0.15) is 0 Å². The third-order valence-electron chi connectivity index (χ3n) is 4.55. The fourth-order valence-electron chi connectivity index (χ4n) is 3.02. The number of aldehydes is 1. The van der Waals surface area contributed by atoms with E-state index in [1.54, 1.807) is 31.3 Å². The van der Waals surface area contributed by atoms with E-state index in [1.807, 2.05) is 0 Å². The number of nitrogens with two attached hydrogens (primary N) is 1. The monoisotopic (exact) mass is 511 g/mol. The number of rotatable bonds is 6. The van der Waals surface area contributed by atoms with Crippen LogP contribution in [0.15, 0.2) is 72.4 Å². The number of hydrogen-bond donors (Lipinski definition) is 3. The Labute approximate surface area is 211 Å². The first-order chi connectivity index (χ1) is 17.5. The van der Waals surface area contributed by atoms with Crippen LogP contribution in [0.3, 0.4) is 0 Å². The number of halogens is 3. The van der Waals surface area contributed by atoms with Gasteiger partial charge in [0.05, 0.1) is 17.6 Å². The Morgan fingerprint density at radius 1 is 1.19 bits per heavy atom. The Balaban J connectivity index is 0.000000347. The maximum atomic E-state index is 14.8. The van der Waals surface area contributed by atoms with Gasteiger partial charge in [-0.05, 0) is 44.1 Å². The van der Waals surface area contributed by atoms with Gasteiger partial charge in [0.25, 0.3) is 0 Å². The number of hydrogen-bond acceptors (Lipinski definition) is 7. The molecule has 0 radical (unpaired) electrons. The molecule has 0 atom stereocenters. The van der Waals surface area contributed by atoms with Crippen molar-refractivity contribution in [2.75, 3.05) is 19.4 Å². The Morgan fingerprint density at radius 3 is 2.61 bits per heavy atom. The van der Waals surface area contributed by atoms with Crippen molar-refractivity contribution in [3.05, 3.63) is 101 Å². The van der Waals surface area contributed by atoms with Gasteiger partial charge in [0.15, 0.2) is 11.5 Å². The maximum absolute atomic E-state index is 14.8. The molecule has 186 valence electrons. The highest BCUT2D eigenvalue weighted by Crippen LogP contribution is 2.32. The number of aliphatic imine (C=N–C) groups is 1. The number of imidazole rings is 1. The molecule has 0 saturated heterocycles. The number of aromatic nitrogens is 4. The largest absolute Gasteiger partial charge is 0.386 e. The van der Waals surface area contributed by atoms with Gasteiger partial charge in [0, 0.05) is 29.4 Å². The molecule has 0 aliphatic rings. The zero-order valence-corrected chi connectivity index (χ0v) is 20.3. The number of nitrogens with zero attached hydrogens (tertiary/aromatic N) is 4. The average molecular weight is 512 g/mol. The minimum Gasteiger partial charge on any atom is -0.386 e. The van der Waals surface area contributed by atoms with E-state index in [9.17, 15) is 13.6 Å². The van der Waals surface area contributed by atoms with Gasteiger partial charge in [0.1, 0.15) is 29.6 Å². The molecule has 11 heteroatoms. The zero-order valence-electron chi connectivity index (χ0n) is 19.5. The standard InChI is InChI=1S/C17H14F2N6.C7H5ClO.CH5N/c1-20-7-3-4-10(13-11(18)5-6-12(21-2)14(13)19)15-16-17(24-8-22-15)25-9-23-16;8-7-3-1-2-6(4-7)5-9;1-2/h3-9,21H,1H2,2H3,(H,22,23,24,25);1-5H;2H2,1H3/b7-3-,10-4+;;. The van der Waals surface area contributed by atoms with E-state index in [-0.39, 0.29) is 16.8 Å². The highest BCUT2D eigenvalue weighted by Gasteiger charge is 2.21. The van der Waals surface area contributed by atoms with Gasteiger partial charge in [-0.1, -0.05) is 29.8 Å². The smallest absolute Gasteiger partial charge is 0.181 e. The van der Waals surface area contributed by atoms with Crippen LogP contribution in [0.4, 0.5) is 14.5 Å². The lowest BCUT2D eigenvalue weighted by Crippen LogP contribution is -2.03. The van der Waals surface area contributed by atoms with Crippen molar-refractivity contribution in [1.82, 2.24) is 19.9 Å². The lowest BCUT2D eigenvalue weighted by Gasteiger charge is -2.12. The predicted octanol–water partition coefficient (Wildman–Crippen LogP) is 5.05. The second-order valence-corrected chi connectivity index (χ2v) is 7.07. The van der Waals surface area contributed by atoms with E-state index in [4.69, 9.17) is 11.6 Å². The van der Waals surface area contributed by atoms with Crippen molar-refractivity contribution in [3.8, 4) is 0 Å². The molecule has 0 aliphatic heterocycles. The van der Waals surface area contributed by atoms with Crippen molar-refractivity contribution < 1.29 is 13.6 Å². The van der Waals surface area contributed by atoms with Crippen molar-refractivity contribution in [2.24, 2.45) is 10.7 Å². The van der Waals surface area contributed by atoms with Crippen molar-refractivity contribution >= 4 is 47.0 Å². The molecule has 8 nitrogen and oxygen atoms in total. The van der Waals surface area contributed by atoms with E-state index in [2.05, 4.69) is 42.7 Å². The molecule has 0 spiro atoms. The minimum atomic E-state index is -0.722. The van der Waals surface area contributed by atoms with Crippen molar-refractivity contribution in [3.63, 3.8) is 0 Å². The summed E-state index contributed by atoms with van der Waals surface area (Å²) in [5, 5.41) is 3.30. The molecule has 0 amide bonds. The van der Waals surface area contributed by atoms with E-state index >= 15 is 0 Å². The van der Waals surface area contributed by atoms with Crippen LogP contribution in [0, 0.1) is 11.6 Å². The van der Waals surface area contributed by atoms with Crippen LogP contribution in [-0.4, -0.2) is 47.0 Å². The lowest BCUT2D eigenvalue weighted by atomic mass is 9.99. The van der Waals surface area contributed by atoms with E-state index in [1.165, 1.54) is 50.2 Å². The van der Waals surface area contributed by atoms with E-state index in [0.29, 0.717) is 27.4 Å². The van der Waals surface area contributed by atoms with Crippen LogP contribution >= 0.6 is 11.6 Å². The third kappa shape index (κ3) is 6.87. The molecule has 0 fully saturated rings. The lowest BCUT2D eigenvalue weighted by molar-refractivity contribution is 0.112. The number of H-pyrrole nitrogens is 1. The summed E-state index contributed by atoms with van der Waals surface area (Å²) in [5.74, 6) is -1.44. The molecule has 4 N–H and O–H groups in total. The van der Waals surface area contributed by atoms with Crippen molar-refractivity contribution in [2.45, 2.75) is 0 Å². The van der Waals surface area contributed by atoms with Crippen LogP contribution in [0.2, 0.25) is 5.02 Å². The summed E-state index contributed by atoms with van der Waals surface area (Å²) in [6.07, 6.45) is 7.95. The Morgan fingerprint density at radius 2 is 1.97 bits per heavy atom. The summed E-state index contributed by atoms with van der Waals surface area (Å²) in [4.78, 5) is 28.9. The summed E-state index contributed by atoms with van der Waals surface area (Å²) in [7, 11) is 3.06. The normalized spacial score (nSPS) is 10.8. The molecule has 36 heavy (non-hydrogen) atoms. The van der Waals surface area contributed by atoms with Gasteiger partial charge < -0.3 is 16.0 Å². The summed E-state index contributed by atoms with van der Waals surface area (Å²) < 4.78 is 29.3. The van der Waals surface area contributed by atoms with Gasteiger partial charge in [0.2, 0.25) is 0 Å². The number of carbonyl (C=O) groups excluding carboxylic acids is 1. The summed E-state index contributed by atoms with van der Waals surface area (Å²) in [6, 6.07) is 9.33. The molecular weight excluding hydrogens is 488 g/mol. The number of fused-ring (bicyclic) bond motifs is 1. The highest BCUT2D eigenvalue weighted by molar-refractivity contribution is 6.30. The fourth-order valence-corrected chi connectivity index (χ4v) is 3.22. The Bertz CT molecular complexity index is 1390. The van der Waals surface area contributed by atoms with Gasteiger partial charge in [-0.15, -0.1) is 0 Å². The summed E-state index contributed by atoms with van der Waals surface area (Å²) in [6.45, 7) is 3.34. The molecule has 2 aromatic heterocycles. The molecule has 4 aromatic rings. The first kappa shape index (κ1) is 28.0. The summed E-state index contributed by atoms with van der Waals surface area (Å²) >= 11 is 5.56. The van der Waals surface area contributed by atoms with Gasteiger partial charge >= 0.3 is 0 Å². The average Bonchev–Trinajstić information content (AvgIpc) is 3.39. The second-order valence-electron chi connectivity index (χ2n) is 6.63. The predicted molar refractivity (Wildman–Crippen MR) is 140 cm³/mol. The SMILES string of the molecule is C=N/C=C\C=C(/c1c(F)ccc(NC)c1F)c1ncnc2nc[nH]c12.CN.O=Cc1cccc(Cl)c1. The highest BCUT2D eigenvalue weighted by atomic mass is 35.5. The molecule has 0 unspecified atom stereocenters. The van der Waals surface area contributed by atoms with Crippen LogP contribution in [0.1, 0.15) is 21.6 Å². The molecule has 0 saturated carbocycles. The van der Waals surface area contributed by atoms with Crippen LogP contribution in [0.25, 0.3) is 16.7 Å². The first-order valence-corrected chi connectivity index (χ1v) is 10.8. The van der Waals surface area contributed by atoms with Crippen LogP contribution in [0.5, 0.6) is 0 Å². The Hall–Kier alpha value is -4.28. The maximum Gasteiger partial charge on any atom is 0.181 e. The van der Waals surface area contributed by atoms with Crippen LogP contribution in [-0.2, 0) is 0 Å². The minimum absolute atomic E-state index is 0.169. The molecule has 2 aromatic carbocycles. The third-order valence-corrected chi connectivity index (χ3v) is 4.78. The zero-order chi connectivity index (χ0) is 26.5. The van der Waals surface area contributed by atoms with Crippen molar-refractivity contribution in [1.29, 1.82) is 0 Å². The number of aromatic amines is 1. The molecule has 4 rings (SSSR count). The topological polar surface area (TPSA) is 122 Å². The Kier molecular flexibility index (Phi) is 11.0. The van der Waals surface area contributed by atoms with Crippen LogP contribution < -0.4 is 11.1 Å². The number of nitrogens with one attached hydrogen (secondary N) is 2. The van der Waals surface area contributed by atoms with Gasteiger partial charge in [-0.3, -0.25) is 9.79 Å². The fraction of sp³-hybridized carbons (Fsp3) is 0.0800. The molecule has 0 bridgehead atoms. The summed E-state index contributed by atoms with van der Waals surface area (Å²) in [5.41, 5.74) is 6.49.